The number of carbonyl (C=O) groups is 2. The van der Waals surface area contributed by atoms with Crippen LogP contribution in [-0.4, -0.2) is 52.4 Å². The number of amides is 2. The summed E-state index contributed by atoms with van der Waals surface area (Å²) in [6.45, 7) is 2.46. The number of hydrogen-bond donors (Lipinski definition) is 0. The Morgan fingerprint density at radius 3 is 2.88 bits per heavy atom. The molecule has 2 amide bonds. The molecule has 4 rings (SSSR count). The highest BCUT2D eigenvalue weighted by Gasteiger charge is 2.46. The van der Waals surface area contributed by atoms with Crippen molar-refractivity contribution in [1.82, 2.24) is 14.8 Å². The van der Waals surface area contributed by atoms with Crippen molar-refractivity contribution in [2.75, 3.05) is 19.6 Å². The third-order valence-corrected chi connectivity index (χ3v) is 5.68. The van der Waals surface area contributed by atoms with Gasteiger partial charge in [0.2, 0.25) is 11.8 Å². The quantitative estimate of drug-likeness (QED) is 0.846. The standard InChI is InChI=1S/C18H22FN3O2/c19-15-6-14(7-15)17(23)22-10-13-3-5-21(18(24)16(13)11-22)9-12-2-1-4-20-8-12/h1-2,4,8,13-16H,3,5-7,9-11H2/t13-,14?,15?,16+/m0/s1. The molecule has 24 heavy (non-hydrogen) atoms. The molecular formula is C18H22FN3O2. The lowest BCUT2D eigenvalue weighted by Crippen LogP contribution is -2.45. The Morgan fingerprint density at radius 1 is 1.33 bits per heavy atom. The van der Waals surface area contributed by atoms with Crippen LogP contribution in [0.2, 0.25) is 0 Å². The van der Waals surface area contributed by atoms with E-state index in [4.69, 9.17) is 0 Å². The zero-order valence-corrected chi connectivity index (χ0v) is 13.6. The number of piperidine rings is 1. The SMILES string of the molecule is O=C(C1CC(F)C1)N1C[C@@H]2CCN(Cc3cccnc3)C(=O)[C@@H]2C1. The summed E-state index contributed by atoms with van der Waals surface area (Å²) in [5.74, 6) is 0.183. The number of pyridine rings is 1. The van der Waals surface area contributed by atoms with Crippen LogP contribution in [0.4, 0.5) is 4.39 Å². The maximum absolute atomic E-state index is 13.0. The van der Waals surface area contributed by atoms with Gasteiger partial charge in [-0.3, -0.25) is 14.6 Å². The summed E-state index contributed by atoms with van der Waals surface area (Å²) >= 11 is 0. The van der Waals surface area contributed by atoms with Gasteiger partial charge in [-0.05, 0) is 36.8 Å². The summed E-state index contributed by atoms with van der Waals surface area (Å²) in [7, 11) is 0. The zero-order chi connectivity index (χ0) is 16.7. The van der Waals surface area contributed by atoms with Gasteiger partial charge in [-0.25, -0.2) is 4.39 Å². The molecule has 128 valence electrons. The maximum atomic E-state index is 13.0. The predicted molar refractivity (Wildman–Crippen MR) is 85.5 cm³/mol. The lowest BCUT2D eigenvalue weighted by atomic mass is 9.82. The Kier molecular flexibility index (Phi) is 3.98. The second kappa shape index (κ2) is 6.15. The van der Waals surface area contributed by atoms with Crippen molar-refractivity contribution in [3.8, 4) is 0 Å². The minimum absolute atomic E-state index is 0.0462. The van der Waals surface area contributed by atoms with E-state index in [2.05, 4.69) is 4.98 Å². The molecule has 0 N–H and O–H groups in total. The molecule has 0 aromatic carbocycles. The van der Waals surface area contributed by atoms with E-state index in [1.165, 1.54) is 0 Å². The van der Waals surface area contributed by atoms with Crippen molar-refractivity contribution in [3.05, 3.63) is 30.1 Å². The van der Waals surface area contributed by atoms with E-state index in [0.717, 1.165) is 18.5 Å². The lowest BCUT2D eigenvalue weighted by Gasteiger charge is -2.33. The van der Waals surface area contributed by atoms with Gasteiger partial charge in [-0.15, -0.1) is 0 Å². The van der Waals surface area contributed by atoms with Crippen LogP contribution in [0.25, 0.3) is 0 Å². The predicted octanol–water partition coefficient (Wildman–Crippen LogP) is 1.64. The van der Waals surface area contributed by atoms with Crippen molar-refractivity contribution in [3.63, 3.8) is 0 Å². The van der Waals surface area contributed by atoms with Gasteiger partial charge in [0.15, 0.2) is 0 Å². The van der Waals surface area contributed by atoms with Gasteiger partial charge in [-0.1, -0.05) is 6.07 Å². The summed E-state index contributed by atoms with van der Waals surface area (Å²) in [6.07, 6.45) is 4.32. The molecule has 2 atom stereocenters. The molecule has 1 aromatic rings. The van der Waals surface area contributed by atoms with Gasteiger partial charge in [0, 0.05) is 44.5 Å². The normalized spacial score (nSPS) is 32.5. The number of alkyl halides is 1. The first kappa shape index (κ1) is 15.5. The van der Waals surface area contributed by atoms with Gasteiger partial charge in [0.05, 0.1) is 5.92 Å². The first-order valence-electron chi connectivity index (χ1n) is 8.72. The van der Waals surface area contributed by atoms with Crippen LogP contribution < -0.4 is 0 Å². The van der Waals surface area contributed by atoms with E-state index in [-0.39, 0.29) is 29.6 Å². The van der Waals surface area contributed by atoms with Crippen molar-refractivity contribution >= 4 is 11.8 Å². The molecular weight excluding hydrogens is 309 g/mol. The maximum Gasteiger partial charge on any atom is 0.228 e. The highest BCUT2D eigenvalue weighted by molar-refractivity contribution is 5.84. The molecule has 1 aliphatic carbocycles. The third kappa shape index (κ3) is 2.78. The van der Waals surface area contributed by atoms with Crippen LogP contribution in [0.15, 0.2) is 24.5 Å². The molecule has 3 aliphatic rings. The number of halogens is 1. The number of hydrogen-bond acceptors (Lipinski definition) is 3. The Morgan fingerprint density at radius 2 is 2.17 bits per heavy atom. The summed E-state index contributed by atoms with van der Waals surface area (Å²) in [4.78, 5) is 33.0. The van der Waals surface area contributed by atoms with E-state index in [0.29, 0.717) is 32.5 Å². The van der Waals surface area contributed by atoms with Crippen LogP contribution in [0.5, 0.6) is 0 Å². The highest BCUT2D eigenvalue weighted by Crippen LogP contribution is 2.37. The third-order valence-electron chi connectivity index (χ3n) is 5.68. The zero-order valence-electron chi connectivity index (χ0n) is 13.6. The first-order valence-corrected chi connectivity index (χ1v) is 8.72. The molecule has 1 aromatic heterocycles. The van der Waals surface area contributed by atoms with Crippen molar-refractivity contribution < 1.29 is 14.0 Å². The summed E-state index contributed by atoms with van der Waals surface area (Å²) in [5, 5.41) is 0. The van der Waals surface area contributed by atoms with Crippen molar-refractivity contribution in [1.29, 1.82) is 0 Å². The lowest BCUT2D eigenvalue weighted by molar-refractivity contribution is -0.141. The van der Waals surface area contributed by atoms with Crippen LogP contribution in [0.3, 0.4) is 0 Å². The second-order valence-electron chi connectivity index (χ2n) is 7.29. The number of rotatable bonds is 3. The van der Waals surface area contributed by atoms with Gasteiger partial charge in [0.1, 0.15) is 6.17 Å². The minimum Gasteiger partial charge on any atom is -0.341 e. The van der Waals surface area contributed by atoms with Gasteiger partial charge in [-0.2, -0.15) is 0 Å². The minimum atomic E-state index is -0.819. The van der Waals surface area contributed by atoms with Gasteiger partial charge in [0.25, 0.3) is 0 Å². The van der Waals surface area contributed by atoms with Gasteiger partial charge >= 0.3 is 0 Å². The van der Waals surface area contributed by atoms with Crippen LogP contribution in [-0.2, 0) is 16.1 Å². The highest BCUT2D eigenvalue weighted by atomic mass is 19.1. The fraction of sp³-hybridized carbons (Fsp3) is 0.611. The van der Waals surface area contributed by atoms with Crippen LogP contribution in [0.1, 0.15) is 24.8 Å². The average molecular weight is 331 g/mol. The molecule has 0 bridgehead atoms. The molecule has 0 spiro atoms. The Bertz CT molecular complexity index is 632. The topological polar surface area (TPSA) is 53.5 Å². The van der Waals surface area contributed by atoms with E-state index in [1.807, 2.05) is 17.0 Å². The number of fused-ring (bicyclic) bond motifs is 1. The number of nitrogens with zero attached hydrogens (tertiary/aromatic N) is 3. The molecule has 0 unspecified atom stereocenters. The fourth-order valence-corrected chi connectivity index (χ4v) is 4.17. The molecule has 5 nitrogen and oxygen atoms in total. The average Bonchev–Trinajstić information content (AvgIpc) is 3.00. The molecule has 3 heterocycles. The fourth-order valence-electron chi connectivity index (χ4n) is 4.17. The van der Waals surface area contributed by atoms with E-state index in [9.17, 15) is 14.0 Å². The Hall–Kier alpha value is -1.98. The van der Waals surface area contributed by atoms with Crippen LogP contribution in [0, 0.1) is 17.8 Å². The van der Waals surface area contributed by atoms with Crippen molar-refractivity contribution in [2.24, 2.45) is 17.8 Å². The smallest absolute Gasteiger partial charge is 0.228 e. The molecule has 3 fully saturated rings. The molecule has 2 saturated heterocycles. The Labute approximate surface area is 140 Å². The van der Waals surface area contributed by atoms with Crippen molar-refractivity contribution in [2.45, 2.75) is 32.0 Å². The molecule has 0 radical (unpaired) electrons. The number of carbonyl (C=O) groups excluding carboxylic acids is 2. The van der Waals surface area contributed by atoms with E-state index < -0.39 is 6.17 Å². The van der Waals surface area contributed by atoms with Gasteiger partial charge < -0.3 is 9.80 Å². The van der Waals surface area contributed by atoms with E-state index >= 15 is 0 Å². The summed E-state index contributed by atoms with van der Waals surface area (Å²) in [5.41, 5.74) is 1.03. The second-order valence-corrected chi connectivity index (χ2v) is 7.29. The number of likely N-dealkylation sites (tertiary alicyclic amines) is 2. The summed E-state index contributed by atoms with van der Waals surface area (Å²) < 4.78 is 13.0. The molecule has 1 saturated carbocycles. The monoisotopic (exact) mass is 331 g/mol. The summed E-state index contributed by atoms with van der Waals surface area (Å²) in [6, 6.07) is 3.85. The number of aromatic nitrogens is 1. The Balaban J connectivity index is 1.39. The van der Waals surface area contributed by atoms with Crippen LogP contribution >= 0.6 is 0 Å². The largest absolute Gasteiger partial charge is 0.341 e. The molecule has 2 aliphatic heterocycles. The first-order chi connectivity index (χ1) is 11.6. The van der Waals surface area contributed by atoms with E-state index in [1.54, 1.807) is 17.3 Å². The molecule has 6 heteroatoms.